The highest BCUT2D eigenvalue weighted by Gasteiger charge is 2.24. The maximum absolute atomic E-state index is 13.0. The Morgan fingerprint density at radius 3 is 2.21 bits per heavy atom. The Labute approximate surface area is 170 Å². The van der Waals surface area contributed by atoms with Gasteiger partial charge in [0, 0.05) is 44.2 Å². The summed E-state index contributed by atoms with van der Waals surface area (Å²) in [6.45, 7) is 2.12. The summed E-state index contributed by atoms with van der Waals surface area (Å²) >= 11 is 0. The van der Waals surface area contributed by atoms with Crippen molar-refractivity contribution < 1.29 is 14.0 Å². The Balaban J connectivity index is 0.00000280. The van der Waals surface area contributed by atoms with Gasteiger partial charge in [-0.15, -0.1) is 12.4 Å². The van der Waals surface area contributed by atoms with Crippen LogP contribution in [0.5, 0.6) is 0 Å². The Bertz CT molecular complexity index is 786. The fraction of sp³-hybridized carbons (Fsp3) is 0.333. The predicted octanol–water partition coefficient (Wildman–Crippen LogP) is 3.01. The average molecular weight is 406 g/mol. The molecule has 7 heteroatoms. The third kappa shape index (κ3) is 5.53. The highest BCUT2D eigenvalue weighted by atomic mass is 35.5. The lowest BCUT2D eigenvalue weighted by Gasteiger charge is -2.23. The number of nitrogens with zero attached hydrogens (tertiary/aromatic N) is 2. The van der Waals surface area contributed by atoms with Crippen molar-refractivity contribution in [3.05, 3.63) is 71.5 Å². The number of carbonyl (C=O) groups excluding carboxylic acids is 2. The molecule has 150 valence electrons. The van der Waals surface area contributed by atoms with E-state index in [4.69, 9.17) is 5.73 Å². The number of amides is 2. The van der Waals surface area contributed by atoms with Crippen LogP contribution in [0.2, 0.25) is 0 Å². The van der Waals surface area contributed by atoms with Crippen LogP contribution in [0, 0.1) is 5.82 Å². The van der Waals surface area contributed by atoms with Crippen LogP contribution < -0.4 is 5.73 Å². The molecule has 2 aromatic carbocycles. The molecule has 0 radical (unpaired) electrons. The van der Waals surface area contributed by atoms with E-state index in [2.05, 4.69) is 0 Å². The zero-order valence-electron chi connectivity index (χ0n) is 15.6. The quantitative estimate of drug-likeness (QED) is 0.850. The highest BCUT2D eigenvalue weighted by Crippen LogP contribution is 2.16. The van der Waals surface area contributed by atoms with Crippen LogP contribution in [0.15, 0.2) is 54.6 Å². The van der Waals surface area contributed by atoms with Gasteiger partial charge < -0.3 is 15.5 Å². The summed E-state index contributed by atoms with van der Waals surface area (Å²) in [6, 6.07) is 14.8. The van der Waals surface area contributed by atoms with E-state index in [9.17, 15) is 14.0 Å². The first-order valence-electron chi connectivity index (χ1n) is 9.18. The number of carbonyl (C=O) groups is 2. The van der Waals surface area contributed by atoms with Gasteiger partial charge in [-0.25, -0.2) is 4.39 Å². The minimum Gasteiger partial charge on any atom is -0.341 e. The van der Waals surface area contributed by atoms with E-state index in [1.807, 2.05) is 30.3 Å². The molecule has 0 spiro atoms. The molecule has 0 aliphatic carbocycles. The molecule has 1 fully saturated rings. The van der Waals surface area contributed by atoms with Crippen molar-refractivity contribution in [3.63, 3.8) is 0 Å². The lowest BCUT2D eigenvalue weighted by molar-refractivity contribution is -0.131. The molecule has 3 rings (SSSR count). The number of rotatable bonds is 4. The second-order valence-electron chi connectivity index (χ2n) is 6.75. The lowest BCUT2D eigenvalue weighted by atomic mass is 10.0. The standard InChI is InChI=1S/C21H24FN3O2.ClH/c22-18-9-7-17(8-10-18)21(27)25-12-4-11-24(13-14-25)20(26)15-19(23)16-5-2-1-3-6-16;/h1-3,5-10,19H,4,11-15,23H2;1H. The SMILES string of the molecule is Cl.NC(CC(=O)N1CCCN(C(=O)c2ccc(F)cc2)CC1)c1ccccc1. The Morgan fingerprint density at radius 1 is 0.929 bits per heavy atom. The molecule has 1 atom stereocenters. The van der Waals surface area contributed by atoms with Crippen LogP contribution in [0.3, 0.4) is 0 Å². The summed E-state index contributed by atoms with van der Waals surface area (Å²) < 4.78 is 13.0. The van der Waals surface area contributed by atoms with E-state index in [1.165, 1.54) is 24.3 Å². The van der Waals surface area contributed by atoms with Crippen molar-refractivity contribution in [2.75, 3.05) is 26.2 Å². The molecule has 0 saturated carbocycles. The lowest BCUT2D eigenvalue weighted by Crippen LogP contribution is -2.38. The van der Waals surface area contributed by atoms with Gasteiger partial charge in [-0.2, -0.15) is 0 Å². The van der Waals surface area contributed by atoms with Crippen LogP contribution in [-0.4, -0.2) is 47.8 Å². The highest BCUT2D eigenvalue weighted by molar-refractivity contribution is 5.94. The van der Waals surface area contributed by atoms with E-state index in [0.717, 1.165) is 5.56 Å². The van der Waals surface area contributed by atoms with Gasteiger partial charge in [0.15, 0.2) is 0 Å². The zero-order valence-corrected chi connectivity index (χ0v) is 16.4. The average Bonchev–Trinajstić information content (AvgIpc) is 2.95. The van der Waals surface area contributed by atoms with Gasteiger partial charge in [0.05, 0.1) is 0 Å². The van der Waals surface area contributed by atoms with Crippen LogP contribution in [-0.2, 0) is 4.79 Å². The summed E-state index contributed by atoms with van der Waals surface area (Å²) in [5, 5.41) is 0. The molecule has 2 N–H and O–H groups in total. The molecule has 1 aliphatic heterocycles. The van der Waals surface area contributed by atoms with Gasteiger partial charge in [-0.3, -0.25) is 9.59 Å². The molecule has 0 aromatic heterocycles. The number of hydrogen-bond donors (Lipinski definition) is 1. The Hall–Kier alpha value is -2.44. The van der Waals surface area contributed by atoms with Gasteiger partial charge in [0.2, 0.25) is 5.91 Å². The maximum atomic E-state index is 13.0. The molecular formula is C21H25ClFN3O2. The molecule has 1 aliphatic rings. The summed E-state index contributed by atoms with van der Waals surface area (Å²) in [5.41, 5.74) is 7.56. The molecule has 1 heterocycles. The summed E-state index contributed by atoms with van der Waals surface area (Å²) in [4.78, 5) is 28.7. The van der Waals surface area contributed by atoms with Gasteiger partial charge in [0.1, 0.15) is 5.82 Å². The van der Waals surface area contributed by atoms with E-state index in [-0.39, 0.29) is 42.5 Å². The van der Waals surface area contributed by atoms with Gasteiger partial charge in [-0.1, -0.05) is 30.3 Å². The van der Waals surface area contributed by atoms with E-state index in [1.54, 1.807) is 9.80 Å². The molecule has 2 amide bonds. The number of halogens is 2. The van der Waals surface area contributed by atoms with Crippen LogP contribution in [0.4, 0.5) is 4.39 Å². The van der Waals surface area contributed by atoms with Crippen molar-refractivity contribution in [1.82, 2.24) is 9.80 Å². The Morgan fingerprint density at radius 2 is 1.54 bits per heavy atom. The maximum Gasteiger partial charge on any atom is 0.253 e. The van der Waals surface area contributed by atoms with E-state index < -0.39 is 0 Å². The summed E-state index contributed by atoms with van der Waals surface area (Å²) in [7, 11) is 0. The van der Waals surface area contributed by atoms with Crippen LogP contribution >= 0.6 is 12.4 Å². The van der Waals surface area contributed by atoms with Crippen LogP contribution in [0.25, 0.3) is 0 Å². The fourth-order valence-corrected chi connectivity index (χ4v) is 3.28. The van der Waals surface area contributed by atoms with Crippen molar-refractivity contribution in [2.24, 2.45) is 5.73 Å². The minimum absolute atomic E-state index is 0. The van der Waals surface area contributed by atoms with Gasteiger partial charge >= 0.3 is 0 Å². The molecule has 2 aromatic rings. The van der Waals surface area contributed by atoms with Crippen molar-refractivity contribution in [1.29, 1.82) is 0 Å². The predicted molar refractivity (Wildman–Crippen MR) is 109 cm³/mol. The third-order valence-corrected chi connectivity index (χ3v) is 4.85. The van der Waals surface area contributed by atoms with Crippen LogP contribution in [0.1, 0.15) is 34.8 Å². The number of benzene rings is 2. The fourth-order valence-electron chi connectivity index (χ4n) is 3.28. The summed E-state index contributed by atoms with van der Waals surface area (Å²) in [5.74, 6) is -0.498. The van der Waals surface area contributed by atoms with Gasteiger partial charge in [-0.05, 0) is 36.2 Å². The van der Waals surface area contributed by atoms with E-state index >= 15 is 0 Å². The first-order chi connectivity index (χ1) is 13.0. The number of hydrogen-bond acceptors (Lipinski definition) is 3. The molecule has 1 saturated heterocycles. The van der Waals surface area contributed by atoms with Crippen molar-refractivity contribution in [2.45, 2.75) is 18.9 Å². The summed E-state index contributed by atoms with van der Waals surface area (Å²) in [6.07, 6.45) is 0.954. The minimum atomic E-state index is -0.367. The van der Waals surface area contributed by atoms with E-state index in [0.29, 0.717) is 38.2 Å². The molecule has 28 heavy (non-hydrogen) atoms. The number of nitrogens with two attached hydrogens (primary N) is 1. The second kappa shape index (κ2) is 10.2. The van der Waals surface area contributed by atoms with Crippen molar-refractivity contribution >= 4 is 24.2 Å². The first kappa shape index (κ1) is 21.9. The Kier molecular flexibility index (Phi) is 7.96. The zero-order chi connectivity index (χ0) is 19.2. The molecule has 0 bridgehead atoms. The van der Waals surface area contributed by atoms with Gasteiger partial charge in [0.25, 0.3) is 5.91 Å². The van der Waals surface area contributed by atoms with Crippen molar-refractivity contribution in [3.8, 4) is 0 Å². The second-order valence-corrected chi connectivity index (χ2v) is 6.75. The monoisotopic (exact) mass is 405 g/mol. The normalized spacial score (nSPS) is 15.4. The topological polar surface area (TPSA) is 66.6 Å². The first-order valence-corrected chi connectivity index (χ1v) is 9.18. The molecule has 1 unspecified atom stereocenters. The third-order valence-electron chi connectivity index (χ3n) is 4.85. The smallest absolute Gasteiger partial charge is 0.253 e. The largest absolute Gasteiger partial charge is 0.341 e. The molecular weight excluding hydrogens is 381 g/mol. The molecule has 5 nitrogen and oxygen atoms in total.